The lowest BCUT2D eigenvalue weighted by Crippen LogP contribution is -2.32. The lowest BCUT2D eigenvalue weighted by atomic mass is 10.00. The van der Waals surface area contributed by atoms with E-state index in [0.29, 0.717) is 12.1 Å². The third-order valence-corrected chi connectivity index (χ3v) is 7.52. The highest BCUT2D eigenvalue weighted by atomic mass is 32.2. The number of furan rings is 1. The van der Waals surface area contributed by atoms with E-state index < -0.39 is 10.0 Å². The van der Waals surface area contributed by atoms with E-state index in [1.165, 1.54) is 11.1 Å². The van der Waals surface area contributed by atoms with Crippen molar-refractivity contribution in [3.63, 3.8) is 0 Å². The predicted molar refractivity (Wildman–Crippen MR) is 124 cm³/mol. The maximum absolute atomic E-state index is 12.8. The van der Waals surface area contributed by atoms with Crippen molar-refractivity contribution in [2.75, 3.05) is 19.6 Å². The molecule has 3 aromatic carbocycles. The van der Waals surface area contributed by atoms with Gasteiger partial charge in [0.05, 0.1) is 4.90 Å². The monoisotopic (exact) mass is 434 g/mol. The smallest absolute Gasteiger partial charge is 0.240 e. The Bertz CT molecular complexity index is 1330. The van der Waals surface area contributed by atoms with E-state index in [9.17, 15) is 8.42 Å². The molecular formula is C25H26N2O3S. The molecule has 1 aliphatic heterocycles. The van der Waals surface area contributed by atoms with Crippen LogP contribution in [0.25, 0.3) is 21.9 Å². The summed E-state index contributed by atoms with van der Waals surface area (Å²) in [7, 11) is -3.55. The summed E-state index contributed by atoms with van der Waals surface area (Å²) in [5.74, 6) is 0. The van der Waals surface area contributed by atoms with Gasteiger partial charge in [-0.2, -0.15) is 0 Å². The van der Waals surface area contributed by atoms with Crippen molar-refractivity contribution in [3.05, 3.63) is 77.9 Å². The molecule has 0 spiro atoms. The van der Waals surface area contributed by atoms with Crippen molar-refractivity contribution < 1.29 is 12.8 Å². The Morgan fingerprint density at radius 1 is 0.871 bits per heavy atom. The summed E-state index contributed by atoms with van der Waals surface area (Å²) in [5.41, 5.74) is 4.33. The van der Waals surface area contributed by atoms with Crippen molar-refractivity contribution in [3.8, 4) is 0 Å². The minimum absolute atomic E-state index is 0.277. The van der Waals surface area contributed by atoms with Gasteiger partial charge >= 0.3 is 0 Å². The summed E-state index contributed by atoms with van der Waals surface area (Å²) >= 11 is 0. The fraction of sp³-hybridized carbons (Fsp3) is 0.280. The van der Waals surface area contributed by atoms with Gasteiger partial charge in [0, 0.05) is 30.4 Å². The van der Waals surface area contributed by atoms with Crippen molar-refractivity contribution in [2.45, 2.75) is 30.7 Å². The zero-order valence-corrected chi connectivity index (χ0v) is 18.2. The number of rotatable bonds is 7. The molecule has 0 amide bonds. The van der Waals surface area contributed by atoms with Gasteiger partial charge in [0.15, 0.2) is 0 Å². The summed E-state index contributed by atoms with van der Waals surface area (Å²) in [6.45, 7) is 3.49. The molecule has 2 heterocycles. The number of fused-ring (bicyclic) bond motifs is 4. The summed E-state index contributed by atoms with van der Waals surface area (Å²) in [5, 5.41) is 1.75. The second-order valence-electron chi connectivity index (χ2n) is 8.16. The second kappa shape index (κ2) is 8.46. The number of para-hydroxylation sites is 1. The van der Waals surface area contributed by atoms with Crippen molar-refractivity contribution in [1.82, 2.24) is 9.62 Å². The molecule has 4 aromatic rings. The maximum Gasteiger partial charge on any atom is 0.240 e. The molecule has 0 saturated carbocycles. The number of nitrogens with zero attached hydrogens (tertiary/aromatic N) is 1. The van der Waals surface area contributed by atoms with Gasteiger partial charge in [0.25, 0.3) is 0 Å². The molecule has 0 saturated heterocycles. The number of hydrogen-bond donors (Lipinski definition) is 1. The summed E-state index contributed by atoms with van der Waals surface area (Å²) in [4.78, 5) is 2.73. The van der Waals surface area contributed by atoms with Crippen LogP contribution in [-0.4, -0.2) is 33.0 Å². The van der Waals surface area contributed by atoms with Gasteiger partial charge in [0.1, 0.15) is 11.2 Å². The van der Waals surface area contributed by atoms with E-state index in [1.54, 1.807) is 18.2 Å². The topological polar surface area (TPSA) is 62.6 Å². The molecule has 160 valence electrons. The van der Waals surface area contributed by atoms with Crippen LogP contribution in [0.5, 0.6) is 0 Å². The Hall–Kier alpha value is -2.67. The van der Waals surface area contributed by atoms with E-state index in [-0.39, 0.29) is 4.90 Å². The fourth-order valence-corrected chi connectivity index (χ4v) is 5.47. The Morgan fingerprint density at radius 3 is 2.55 bits per heavy atom. The highest BCUT2D eigenvalue weighted by molar-refractivity contribution is 7.89. The first-order valence-electron chi connectivity index (χ1n) is 10.8. The average Bonchev–Trinajstić information content (AvgIpc) is 3.17. The van der Waals surface area contributed by atoms with Crippen LogP contribution in [0.1, 0.15) is 24.0 Å². The minimum Gasteiger partial charge on any atom is -0.456 e. The SMILES string of the molecule is O=S(=O)(NCCCCN1CCc2ccccc2C1)c1ccc2oc3ccccc3c2c1. The first-order valence-corrected chi connectivity index (χ1v) is 12.3. The largest absolute Gasteiger partial charge is 0.456 e. The Balaban J connectivity index is 1.17. The lowest BCUT2D eigenvalue weighted by molar-refractivity contribution is 0.249. The molecule has 5 rings (SSSR count). The molecule has 5 nitrogen and oxygen atoms in total. The predicted octanol–water partition coefficient (Wildman–Crippen LogP) is 4.70. The van der Waals surface area contributed by atoms with Gasteiger partial charge in [-0.3, -0.25) is 4.90 Å². The van der Waals surface area contributed by atoms with Crippen molar-refractivity contribution in [1.29, 1.82) is 0 Å². The molecule has 0 bridgehead atoms. The maximum atomic E-state index is 12.8. The van der Waals surface area contributed by atoms with Crippen LogP contribution >= 0.6 is 0 Å². The average molecular weight is 435 g/mol. The number of hydrogen-bond acceptors (Lipinski definition) is 4. The molecule has 0 fully saturated rings. The number of unbranched alkanes of at least 4 members (excludes halogenated alkanes) is 1. The molecular weight excluding hydrogens is 408 g/mol. The number of sulfonamides is 1. The van der Waals surface area contributed by atoms with Gasteiger partial charge < -0.3 is 4.42 Å². The summed E-state index contributed by atoms with van der Waals surface area (Å²) in [6.07, 6.45) is 2.87. The normalized spacial score (nSPS) is 14.8. The van der Waals surface area contributed by atoms with Crippen molar-refractivity contribution in [2.24, 2.45) is 0 Å². The molecule has 0 atom stereocenters. The van der Waals surface area contributed by atoms with Gasteiger partial charge in [-0.05, 0) is 61.2 Å². The van der Waals surface area contributed by atoms with Crippen LogP contribution in [0.3, 0.4) is 0 Å². The quantitative estimate of drug-likeness (QED) is 0.428. The molecule has 31 heavy (non-hydrogen) atoms. The highest BCUT2D eigenvalue weighted by Gasteiger charge is 2.17. The minimum atomic E-state index is -3.55. The van der Waals surface area contributed by atoms with Crippen LogP contribution in [0, 0.1) is 0 Å². The van der Waals surface area contributed by atoms with E-state index >= 15 is 0 Å². The third kappa shape index (κ3) is 4.24. The molecule has 6 heteroatoms. The Kier molecular flexibility index (Phi) is 5.52. The first-order chi connectivity index (χ1) is 15.1. The second-order valence-corrected chi connectivity index (χ2v) is 9.92. The van der Waals surface area contributed by atoms with Crippen LogP contribution in [0.15, 0.2) is 76.0 Å². The molecule has 1 N–H and O–H groups in total. The van der Waals surface area contributed by atoms with Gasteiger partial charge in [-0.1, -0.05) is 42.5 Å². The zero-order valence-electron chi connectivity index (χ0n) is 17.4. The molecule has 1 aliphatic rings. The summed E-state index contributed by atoms with van der Waals surface area (Å²) in [6, 6.07) is 21.3. The summed E-state index contributed by atoms with van der Waals surface area (Å²) < 4.78 is 34.1. The number of benzene rings is 3. The number of nitrogens with one attached hydrogen (secondary N) is 1. The van der Waals surface area contributed by atoms with E-state index in [1.807, 2.05) is 24.3 Å². The first kappa shape index (κ1) is 20.2. The van der Waals surface area contributed by atoms with Crippen LogP contribution in [-0.2, 0) is 23.0 Å². The highest BCUT2D eigenvalue weighted by Crippen LogP contribution is 2.30. The van der Waals surface area contributed by atoms with Crippen LogP contribution < -0.4 is 4.72 Å². The van der Waals surface area contributed by atoms with Crippen LogP contribution in [0.2, 0.25) is 0 Å². The van der Waals surface area contributed by atoms with Crippen molar-refractivity contribution >= 4 is 32.0 Å². The van der Waals surface area contributed by atoms with Gasteiger partial charge in [-0.25, -0.2) is 13.1 Å². The fourth-order valence-electron chi connectivity index (χ4n) is 4.37. The molecule has 0 aliphatic carbocycles. The third-order valence-electron chi connectivity index (χ3n) is 6.06. The van der Waals surface area contributed by atoms with E-state index in [0.717, 1.165) is 55.3 Å². The Morgan fingerprint density at radius 2 is 1.65 bits per heavy atom. The molecule has 0 unspecified atom stereocenters. The van der Waals surface area contributed by atoms with Crippen LogP contribution in [0.4, 0.5) is 0 Å². The lowest BCUT2D eigenvalue weighted by Gasteiger charge is -2.28. The van der Waals surface area contributed by atoms with E-state index in [4.69, 9.17) is 4.42 Å². The zero-order chi connectivity index (χ0) is 21.3. The van der Waals surface area contributed by atoms with Gasteiger partial charge in [-0.15, -0.1) is 0 Å². The van der Waals surface area contributed by atoms with Gasteiger partial charge in [0.2, 0.25) is 10.0 Å². The molecule has 0 radical (unpaired) electrons. The molecule has 1 aromatic heterocycles. The standard InChI is InChI=1S/C25H26N2O3S/c28-31(29,21-11-12-25-23(17-21)22-9-3-4-10-24(22)30-25)26-14-5-6-15-27-16-13-19-7-1-2-8-20(19)18-27/h1-4,7-12,17,26H,5-6,13-16,18H2. The Labute approximate surface area is 182 Å². The van der Waals surface area contributed by atoms with E-state index in [2.05, 4.69) is 33.9 Å².